The zero-order valence-electron chi connectivity index (χ0n) is 15.1. The van der Waals surface area contributed by atoms with Crippen molar-refractivity contribution in [2.24, 2.45) is 17.8 Å². The van der Waals surface area contributed by atoms with Crippen molar-refractivity contribution in [1.82, 2.24) is 5.32 Å². The second-order valence-corrected chi connectivity index (χ2v) is 7.85. The number of rotatable bonds is 6. The molecule has 5 nitrogen and oxygen atoms in total. The minimum Gasteiger partial charge on any atom is -0.462 e. The smallest absolute Gasteiger partial charge is 0.462 e. The van der Waals surface area contributed by atoms with Gasteiger partial charge in [-0.15, -0.1) is 0 Å². The van der Waals surface area contributed by atoms with Crippen LogP contribution in [0.25, 0.3) is 11.0 Å². The highest BCUT2D eigenvalue weighted by Crippen LogP contribution is 2.38. The molecule has 1 amide bonds. The molecular formula is C19H25BClNO4. The normalized spacial score (nSPS) is 24.0. The van der Waals surface area contributed by atoms with Gasteiger partial charge in [-0.05, 0) is 42.7 Å². The third-order valence-electron chi connectivity index (χ3n) is 5.65. The lowest BCUT2D eigenvalue weighted by Gasteiger charge is -2.21. The zero-order chi connectivity index (χ0) is 18.8. The first-order chi connectivity index (χ1) is 12.4. The first-order valence-corrected chi connectivity index (χ1v) is 9.59. The van der Waals surface area contributed by atoms with Gasteiger partial charge in [-0.2, -0.15) is 0 Å². The van der Waals surface area contributed by atoms with E-state index in [1.165, 1.54) is 0 Å². The Morgan fingerprint density at radius 1 is 1.42 bits per heavy atom. The Labute approximate surface area is 158 Å². The van der Waals surface area contributed by atoms with E-state index in [0.29, 0.717) is 22.4 Å². The van der Waals surface area contributed by atoms with Crippen LogP contribution < -0.4 is 5.32 Å². The maximum absolute atomic E-state index is 12.7. The lowest BCUT2D eigenvalue weighted by Crippen LogP contribution is -2.50. The Balaban J connectivity index is 1.73. The van der Waals surface area contributed by atoms with Gasteiger partial charge in [0.2, 0.25) is 5.91 Å². The molecule has 1 heterocycles. The van der Waals surface area contributed by atoms with Gasteiger partial charge in [0.1, 0.15) is 0 Å². The van der Waals surface area contributed by atoms with Crippen molar-refractivity contribution in [3.8, 4) is 0 Å². The Hall–Kier alpha value is -1.50. The number of carbonyl (C=O) groups is 1. The zero-order valence-corrected chi connectivity index (χ0v) is 15.9. The van der Waals surface area contributed by atoms with Gasteiger partial charge in [0.05, 0.1) is 17.2 Å². The summed E-state index contributed by atoms with van der Waals surface area (Å²) >= 11 is 6.12. The average Bonchev–Trinajstić information content (AvgIpc) is 3.18. The predicted octanol–water partition coefficient (Wildman–Crippen LogP) is 3.20. The Bertz CT molecular complexity index is 778. The monoisotopic (exact) mass is 377 g/mol. The number of hydrogen-bond acceptors (Lipinski definition) is 4. The van der Waals surface area contributed by atoms with Crippen molar-refractivity contribution in [2.45, 2.75) is 45.5 Å². The van der Waals surface area contributed by atoms with E-state index in [0.717, 1.165) is 30.2 Å². The fourth-order valence-corrected chi connectivity index (χ4v) is 4.29. The van der Waals surface area contributed by atoms with E-state index in [9.17, 15) is 14.8 Å². The first-order valence-electron chi connectivity index (χ1n) is 9.21. The number of carbonyl (C=O) groups excluding carboxylic acids is 1. The molecule has 3 rings (SSSR count). The number of para-hydroxylation sites is 1. The molecule has 140 valence electrons. The quantitative estimate of drug-likeness (QED) is 0.675. The average molecular weight is 378 g/mol. The van der Waals surface area contributed by atoms with Crippen LogP contribution >= 0.6 is 11.6 Å². The van der Waals surface area contributed by atoms with Crippen LogP contribution in [-0.4, -0.2) is 29.0 Å². The lowest BCUT2D eigenvalue weighted by molar-refractivity contribution is -0.126. The van der Waals surface area contributed by atoms with E-state index in [-0.39, 0.29) is 18.2 Å². The number of benzene rings is 1. The highest BCUT2D eigenvalue weighted by molar-refractivity contribution is 6.43. The minimum atomic E-state index is -1.65. The largest absolute Gasteiger partial charge is 0.475 e. The van der Waals surface area contributed by atoms with E-state index < -0.39 is 13.1 Å². The standard InChI is InChI=1S/C19H25BClNO4/c1-3-12-7-11(2)15(8-12)19(23)22-17(20(24)25)9-13-10-26-18-14(13)5-4-6-16(18)21/h4-6,10-12,15,17,24-25H,3,7-9H2,1-2H3,(H,22,23)/t11-,12+,15-,17+/m1/s1. The summed E-state index contributed by atoms with van der Waals surface area (Å²) in [6, 6.07) is 5.42. The molecule has 1 saturated carbocycles. The molecule has 1 aromatic carbocycles. The summed E-state index contributed by atoms with van der Waals surface area (Å²) in [5, 5.41) is 23.7. The lowest BCUT2D eigenvalue weighted by atomic mass is 9.75. The topological polar surface area (TPSA) is 82.7 Å². The summed E-state index contributed by atoms with van der Waals surface area (Å²) in [4.78, 5) is 12.7. The molecule has 0 saturated heterocycles. The number of hydrogen-bond donors (Lipinski definition) is 3. The number of nitrogens with one attached hydrogen (secondary N) is 1. The molecule has 0 spiro atoms. The van der Waals surface area contributed by atoms with Gasteiger partial charge < -0.3 is 19.8 Å². The van der Waals surface area contributed by atoms with Crippen LogP contribution in [-0.2, 0) is 11.2 Å². The number of amides is 1. The molecule has 26 heavy (non-hydrogen) atoms. The fraction of sp³-hybridized carbons (Fsp3) is 0.526. The Kier molecular flexibility index (Phi) is 5.95. The Morgan fingerprint density at radius 3 is 2.85 bits per heavy atom. The van der Waals surface area contributed by atoms with Gasteiger partial charge in [0.15, 0.2) is 5.58 Å². The van der Waals surface area contributed by atoms with E-state index in [2.05, 4.69) is 19.2 Å². The van der Waals surface area contributed by atoms with Crippen molar-refractivity contribution < 1.29 is 19.3 Å². The second kappa shape index (κ2) is 8.03. The maximum atomic E-state index is 12.7. The second-order valence-electron chi connectivity index (χ2n) is 7.44. The van der Waals surface area contributed by atoms with Crippen LogP contribution in [0.2, 0.25) is 5.02 Å². The Morgan fingerprint density at radius 2 is 2.19 bits per heavy atom. The summed E-state index contributed by atoms with van der Waals surface area (Å²) in [5.41, 5.74) is 1.35. The molecule has 0 unspecified atom stereocenters. The van der Waals surface area contributed by atoms with Crippen LogP contribution in [0.15, 0.2) is 28.9 Å². The predicted molar refractivity (Wildman–Crippen MR) is 103 cm³/mol. The molecule has 1 aliphatic carbocycles. The van der Waals surface area contributed by atoms with Gasteiger partial charge in [-0.25, -0.2) is 0 Å². The van der Waals surface area contributed by atoms with Crippen molar-refractivity contribution in [3.05, 3.63) is 35.0 Å². The molecule has 0 aliphatic heterocycles. The summed E-state index contributed by atoms with van der Waals surface area (Å²) in [6.45, 7) is 4.24. The van der Waals surface area contributed by atoms with Gasteiger partial charge in [0, 0.05) is 11.3 Å². The van der Waals surface area contributed by atoms with Gasteiger partial charge in [-0.3, -0.25) is 4.79 Å². The van der Waals surface area contributed by atoms with Crippen LogP contribution in [0.1, 0.15) is 38.7 Å². The number of halogens is 1. The molecule has 1 aromatic heterocycles. The summed E-state index contributed by atoms with van der Waals surface area (Å²) < 4.78 is 5.50. The summed E-state index contributed by atoms with van der Waals surface area (Å²) in [6.07, 6.45) is 4.80. The molecule has 2 aromatic rings. The highest BCUT2D eigenvalue weighted by atomic mass is 35.5. The van der Waals surface area contributed by atoms with Crippen molar-refractivity contribution >= 4 is 35.6 Å². The first kappa shape index (κ1) is 19.3. The third kappa shape index (κ3) is 3.92. The van der Waals surface area contributed by atoms with Gasteiger partial charge in [0.25, 0.3) is 0 Å². The van der Waals surface area contributed by atoms with Crippen LogP contribution in [0.3, 0.4) is 0 Å². The van der Waals surface area contributed by atoms with Gasteiger partial charge >= 0.3 is 7.12 Å². The van der Waals surface area contributed by atoms with Crippen molar-refractivity contribution in [2.75, 3.05) is 0 Å². The third-order valence-corrected chi connectivity index (χ3v) is 5.95. The maximum Gasteiger partial charge on any atom is 0.475 e. The van der Waals surface area contributed by atoms with Crippen molar-refractivity contribution in [1.29, 1.82) is 0 Å². The van der Waals surface area contributed by atoms with Gasteiger partial charge in [-0.1, -0.05) is 44.0 Å². The minimum absolute atomic E-state index is 0.0725. The van der Waals surface area contributed by atoms with Crippen molar-refractivity contribution in [3.63, 3.8) is 0 Å². The number of fused-ring (bicyclic) bond motifs is 1. The van der Waals surface area contributed by atoms with E-state index in [1.54, 1.807) is 12.3 Å². The molecule has 1 fully saturated rings. The highest BCUT2D eigenvalue weighted by Gasteiger charge is 2.37. The van der Waals surface area contributed by atoms with E-state index >= 15 is 0 Å². The van der Waals surface area contributed by atoms with E-state index in [4.69, 9.17) is 16.0 Å². The van der Waals surface area contributed by atoms with Crippen LogP contribution in [0.4, 0.5) is 0 Å². The number of furan rings is 1. The van der Waals surface area contributed by atoms with Crippen LogP contribution in [0, 0.1) is 17.8 Å². The summed E-state index contributed by atoms with van der Waals surface area (Å²) in [7, 11) is -1.65. The van der Waals surface area contributed by atoms with Crippen LogP contribution in [0.5, 0.6) is 0 Å². The molecule has 4 atom stereocenters. The van der Waals surface area contributed by atoms with E-state index in [1.807, 2.05) is 12.1 Å². The molecular weight excluding hydrogens is 352 g/mol. The molecule has 3 N–H and O–H groups in total. The molecule has 0 radical (unpaired) electrons. The molecule has 1 aliphatic rings. The molecule has 0 bridgehead atoms. The molecule has 7 heteroatoms. The summed E-state index contributed by atoms with van der Waals surface area (Å²) in [5.74, 6) is -0.0903. The SMILES string of the molecule is CC[C@H]1C[C@@H](C)[C@H](C(=O)N[C@@H](Cc2coc3c(Cl)cccc23)B(O)O)C1. The fourth-order valence-electron chi connectivity index (χ4n) is 4.07.